The molecule has 0 aliphatic heterocycles. The van der Waals surface area contributed by atoms with Crippen LogP contribution in [0.1, 0.15) is 12.5 Å². The Morgan fingerprint density at radius 3 is 2.06 bits per heavy atom. The van der Waals surface area contributed by atoms with Gasteiger partial charge in [0.05, 0.1) is 0 Å². The molecule has 2 rings (SSSR count). The van der Waals surface area contributed by atoms with Crippen LogP contribution in [0, 0.1) is 0 Å². The van der Waals surface area contributed by atoms with Gasteiger partial charge in [0, 0.05) is 17.5 Å². The van der Waals surface area contributed by atoms with Crippen LogP contribution in [-0.4, -0.2) is 5.78 Å². The molecule has 0 aromatic heterocycles. The fraction of sp³-hybridized carbons (Fsp3) is 0.0625. The maximum atomic E-state index is 11.3. The van der Waals surface area contributed by atoms with Gasteiger partial charge in [-0.25, -0.2) is 0 Å². The van der Waals surface area contributed by atoms with Crippen LogP contribution in [0.25, 0.3) is 5.70 Å². The van der Waals surface area contributed by atoms with Crippen LogP contribution >= 0.6 is 0 Å². The van der Waals surface area contributed by atoms with Gasteiger partial charge in [-0.05, 0) is 24.6 Å². The Kier molecular flexibility index (Phi) is 3.92. The van der Waals surface area contributed by atoms with Gasteiger partial charge in [0.2, 0.25) is 0 Å². The van der Waals surface area contributed by atoms with Crippen molar-refractivity contribution >= 4 is 17.2 Å². The van der Waals surface area contributed by atoms with E-state index in [9.17, 15) is 4.79 Å². The molecule has 0 radical (unpaired) electrons. The van der Waals surface area contributed by atoms with E-state index < -0.39 is 0 Å². The molecule has 0 aliphatic rings. The lowest BCUT2D eigenvalue weighted by Crippen LogP contribution is -2.01. The molecule has 2 heteroatoms. The molecule has 0 amide bonds. The summed E-state index contributed by atoms with van der Waals surface area (Å²) in [6.07, 6.45) is 1.61. The maximum absolute atomic E-state index is 11.3. The van der Waals surface area contributed by atoms with Gasteiger partial charge in [0.15, 0.2) is 5.78 Å². The second kappa shape index (κ2) is 5.82. The number of allylic oxidation sites excluding steroid dienone is 1. The molecule has 18 heavy (non-hydrogen) atoms. The van der Waals surface area contributed by atoms with Gasteiger partial charge in [0.1, 0.15) is 0 Å². The summed E-state index contributed by atoms with van der Waals surface area (Å²) in [5.41, 5.74) is 2.78. The molecule has 2 aromatic carbocycles. The Hall–Kier alpha value is -2.35. The average Bonchev–Trinajstić information content (AvgIpc) is 2.40. The highest BCUT2D eigenvalue weighted by molar-refractivity contribution is 5.97. The van der Waals surface area contributed by atoms with Crippen molar-refractivity contribution in [2.45, 2.75) is 6.92 Å². The van der Waals surface area contributed by atoms with Crippen LogP contribution in [0.4, 0.5) is 5.69 Å². The Morgan fingerprint density at radius 1 is 0.944 bits per heavy atom. The van der Waals surface area contributed by atoms with Gasteiger partial charge in [-0.3, -0.25) is 4.79 Å². The van der Waals surface area contributed by atoms with Crippen LogP contribution in [0.3, 0.4) is 0 Å². The summed E-state index contributed by atoms with van der Waals surface area (Å²) in [6.45, 7) is 1.55. The van der Waals surface area contributed by atoms with Crippen LogP contribution in [-0.2, 0) is 4.79 Å². The Balaban J connectivity index is 2.31. The van der Waals surface area contributed by atoms with Gasteiger partial charge in [-0.15, -0.1) is 0 Å². The van der Waals surface area contributed by atoms with Crippen LogP contribution in [0.5, 0.6) is 0 Å². The molecular formula is C16H15NO. The minimum atomic E-state index is 0.0253. The fourth-order valence-corrected chi connectivity index (χ4v) is 1.69. The second-order valence-corrected chi connectivity index (χ2v) is 4.03. The molecular weight excluding hydrogens is 222 g/mol. The van der Waals surface area contributed by atoms with Crippen molar-refractivity contribution in [3.05, 3.63) is 72.3 Å². The number of hydrogen-bond acceptors (Lipinski definition) is 2. The Morgan fingerprint density at radius 2 is 1.50 bits per heavy atom. The Bertz CT molecular complexity index is 544. The highest BCUT2D eigenvalue weighted by Crippen LogP contribution is 2.18. The predicted molar refractivity (Wildman–Crippen MR) is 75.2 cm³/mol. The van der Waals surface area contributed by atoms with Gasteiger partial charge in [-0.2, -0.15) is 0 Å². The number of ketones is 1. The molecule has 0 aliphatic carbocycles. The van der Waals surface area contributed by atoms with Gasteiger partial charge in [-0.1, -0.05) is 48.5 Å². The van der Waals surface area contributed by atoms with E-state index in [2.05, 4.69) is 5.32 Å². The topological polar surface area (TPSA) is 29.1 Å². The van der Waals surface area contributed by atoms with Crippen molar-refractivity contribution < 1.29 is 4.79 Å². The zero-order chi connectivity index (χ0) is 12.8. The number of benzene rings is 2. The maximum Gasteiger partial charge on any atom is 0.154 e. The van der Waals surface area contributed by atoms with Crippen LogP contribution < -0.4 is 5.32 Å². The molecule has 0 unspecified atom stereocenters. The first-order valence-corrected chi connectivity index (χ1v) is 5.85. The fourth-order valence-electron chi connectivity index (χ4n) is 1.69. The number of anilines is 1. The smallest absolute Gasteiger partial charge is 0.154 e. The van der Waals surface area contributed by atoms with Crippen molar-refractivity contribution in [3.8, 4) is 0 Å². The van der Waals surface area contributed by atoms with Crippen molar-refractivity contribution in [1.82, 2.24) is 0 Å². The summed E-state index contributed by atoms with van der Waals surface area (Å²) in [7, 11) is 0. The second-order valence-electron chi connectivity index (χ2n) is 4.03. The normalized spacial score (nSPS) is 11.1. The molecule has 0 fully saturated rings. The summed E-state index contributed by atoms with van der Waals surface area (Å²) in [4.78, 5) is 11.3. The summed E-state index contributed by atoms with van der Waals surface area (Å²) in [5.74, 6) is 0.0253. The SMILES string of the molecule is CC(=O)/C=C(/Nc1ccccc1)c1ccccc1. The highest BCUT2D eigenvalue weighted by Gasteiger charge is 2.02. The van der Waals surface area contributed by atoms with E-state index in [4.69, 9.17) is 0 Å². The summed E-state index contributed by atoms with van der Waals surface area (Å²) < 4.78 is 0. The molecule has 0 atom stereocenters. The largest absolute Gasteiger partial charge is 0.355 e. The van der Waals surface area contributed by atoms with E-state index >= 15 is 0 Å². The summed E-state index contributed by atoms with van der Waals surface area (Å²) >= 11 is 0. The zero-order valence-electron chi connectivity index (χ0n) is 10.3. The average molecular weight is 237 g/mol. The van der Waals surface area contributed by atoms with E-state index in [0.717, 1.165) is 16.9 Å². The molecule has 90 valence electrons. The van der Waals surface area contributed by atoms with Crippen molar-refractivity contribution in [2.24, 2.45) is 0 Å². The predicted octanol–water partition coefficient (Wildman–Crippen LogP) is 3.73. The molecule has 2 aromatic rings. The molecule has 2 nitrogen and oxygen atoms in total. The molecule has 0 heterocycles. The van der Waals surface area contributed by atoms with Crippen molar-refractivity contribution in [1.29, 1.82) is 0 Å². The van der Waals surface area contributed by atoms with Crippen LogP contribution in [0.15, 0.2) is 66.7 Å². The highest BCUT2D eigenvalue weighted by atomic mass is 16.1. The third-order valence-electron chi connectivity index (χ3n) is 2.49. The number of para-hydroxylation sites is 1. The van der Waals surface area contributed by atoms with Crippen molar-refractivity contribution in [2.75, 3.05) is 5.32 Å². The first kappa shape index (κ1) is 12.1. The van der Waals surface area contributed by atoms with E-state index in [1.807, 2.05) is 60.7 Å². The number of hydrogen-bond donors (Lipinski definition) is 1. The quantitative estimate of drug-likeness (QED) is 0.821. The zero-order valence-corrected chi connectivity index (χ0v) is 10.3. The summed E-state index contributed by atoms with van der Waals surface area (Å²) in [6, 6.07) is 19.6. The van der Waals surface area contributed by atoms with Crippen LogP contribution in [0.2, 0.25) is 0 Å². The third kappa shape index (κ3) is 3.32. The molecule has 0 spiro atoms. The number of nitrogens with one attached hydrogen (secondary N) is 1. The Labute approximate surface area is 107 Å². The van der Waals surface area contributed by atoms with Gasteiger partial charge < -0.3 is 5.32 Å². The van der Waals surface area contributed by atoms with E-state index in [-0.39, 0.29) is 5.78 Å². The molecule has 0 bridgehead atoms. The molecule has 0 saturated heterocycles. The minimum Gasteiger partial charge on any atom is -0.355 e. The van der Waals surface area contributed by atoms with E-state index in [0.29, 0.717) is 0 Å². The molecule has 1 N–H and O–H groups in total. The first-order valence-electron chi connectivity index (χ1n) is 5.85. The van der Waals surface area contributed by atoms with Gasteiger partial charge >= 0.3 is 0 Å². The lowest BCUT2D eigenvalue weighted by molar-refractivity contribution is -0.112. The molecule has 0 saturated carbocycles. The van der Waals surface area contributed by atoms with Crippen molar-refractivity contribution in [3.63, 3.8) is 0 Å². The number of rotatable bonds is 4. The monoisotopic (exact) mass is 237 g/mol. The first-order chi connectivity index (χ1) is 8.75. The van der Waals surface area contributed by atoms with E-state index in [1.165, 1.54) is 0 Å². The lowest BCUT2D eigenvalue weighted by atomic mass is 10.1. The van der Waals surface area contributed by atoms with E-state index in [1.54, 1.807) is 13.0 Å². The standard InChI is InChI=1S/C16H15NO/c1-13(18)12-16(14-8-4-2-5-9-14)17-15-10-6-3-7-11-15/h2-12,17H,1H3/b16-12+. The minimum absolute atomic E-state index is 0.0253. The van der Waals surface area contributed by atoms with Gasteiger partial charge in [0.25, 0.3) is 0 Å². The lowest BCUT2D eigenvalue weighted by Gasteiger charge is -2.10. The number of carbonyl (C=O) groups is 1. The summed E-state index contributed by atoms with van der Waals surface area (Å²) in [5, 5.41) is 3.27. The third-order valence-corrected chi connectivity index (χ3v) is 2.49. The number of carbonyl (C=O) groups excluding carboxylic acids is 1.